The number of nitrogens with zero attached hydrogens (tertiary/aromatic N) is 1. The van der Waals surface area contributed by atoms with Crippen molar-refractivity contribution >= 4 is 54.8 Å². The number of anilines is 2. The van der Waals surface area contributed by atoms with Gasteiger partial charge in [-0.05, 0) is 49.6 Å². The molecule has 1 aromatic heterocycles. The van der Waals surface area contributed by atoms with Crippen molar-refractivity contribution in [2.24, 2.45) is 0 Å². The van der Waals surface area contributed by atoms with Crippen LogP contribution in [0, 0.1) is 5.82 Å². The van der Waals surface area contributed by atoms with Crippen molar-refractivity contribution in [1.29, 1.82) is 0 Å². The van der Waals surface area contributed by atoms with Crippen LogP contribution in [0.3, 0.4) is 0 Å². The molecule has 1 fully saturated rings. The van der Waals surface area contributed by atoms with Crippen LogP contribution in [0.15, 0.2) is 41.0 Å². The summed E-state index contributed by atoms with van der Waals surface area (Å²) < 4.78 is 31.0. The molecular formula is C20H19BrFN3O4S. The van der Waals surface area contributed by atoms with Gasteiger partial charge in [-0.1, -0.05) is 22.0 Å². The van der Waals surface area contributed by atoms with E-state index in [1.165, 1.54) is 17.6 Å². The van der Waals surface area contributed by atoms with Crippen molar-refractivity contribution in [1.82, 2.24) is 9.85 Å². The van der Waals surface area contributed by atoms with Crippen molar-refractivity contribution < 1.29 is 23.5 Å². The zero-order valence-corrected chi connectivity index (χ0v) is 18.6. The molecule has 2 aromatic carbocycles. The Morgan fingerprint density at radius 3 is 2.97 bits per heavy atom. The van der Waals surface area contributed by atoms with Crippen LogP contribution < -0.4 is 10.8 Å². The number of nitrogens with one attached hydrogen (secondary N) is 2. The number of amides is 1. The fourth-order valence-electron chi connectivity index (χ4n) is 3.07. The lowest BCUT2D eigenvalue weighted by molar-refractivity contribution is -0.147. The van der Waals surface area contributed by atoms with E-state index in [1.54, 1.807) is 30.5 Å². The Bertz CT molecular complexity index is 1090. The molecule has 7 nitrogen and oxygen atoms in total. The van der Waals surface area contributed by atoms with Gasteiger partial charge in [0.15, 0.2) is 5.79 Å². The number of hydroxylamine groups is 1. The van der Waals surface area contributed by atoms with Crippen LogP contribution in [0.2, 0.25) is 0 Å². The van der Waals surface area contributed by atoms with E-state index in [2.05, 4.69) is 31.1 Å². The average Bonchev–Trinajstić information content (AvgIpc) is 3.30. The molecule has 30 heavy (non-hydrogen) atoms. The summed E-state index contributed by atoms with van der Waals surface area (Å²) in [5, 5.41) is 3.88. The lowest BCUT2D eigenvalue weighted by Crippen LogP contribution is -2.30. The number of halogens is 2. The molecule has 158 valence electrons. The first-order chi connectivity index (χ1) is 14.3. The Kier molecular flexibility index (Phi) is 6.03. The molecule has 10 heteroatoms. The molecule has 1 unspecified atom stereocenters. The predicted molar refractivity (Wildman–Crippen MR) is 115 cm³/mol. The summed E-state index contributed by atoms with van der Waals surface area (Å²) in [5.41, 5.74) is 3.43. The van der Waals surface area contributed by atoms with Crippen molar-refractivity contribution in [3.8, 4) is 0 Å². The molecule has 4 rings (SSSR count). The third-order valence-electron chi connectivity index (χ3n) is 4.46. The maximum atomic E-state index is 14.4. The van der Waals surface area contributed by atoms with Crippen LogP contribution >= 0.6 is 27.5 Å². The monoisotopic (exact) mass is 495 g/mol. The molecular weight excluding hydrogens is 477 g/mol. The normalized spacial score (nSPS) is 17.9. The van der Waals surface area contributed by atoms with E-state index in [1.807, 2.05) is 13.8 Å². The number of aromatic nitrogens is 1. The van der Waals surface area contributed by atoms with Crippen LogP contribution in [0.5, 0.6) is 0 Å². The molecule has 2 N–H and O–H groups in total. The van der Waals surface area contributed by atoms with Crippen molar-refractivity contribution in [3.05, 3.63) is 52.4 Å². The Morgan fingerprint density at radius 2 is 2.23 bits per heavy atom. The summed E-state index contributed by atoms with van der Waals surface area (Å²) in [4.78, 5) is 18.1. The van der Waals surface area contributed by atoms with Crippen LogP contribution in [-0.2, 0) is 14.3 Å². The molecule has 3 aromatic rings. The maximum Gasteiger partial charge on any atom is 0.277 e. The van der Waals surface area contributed by atoms with E-state index in [4.69, 9.17) is 14.3 Å². The molecule has 0 aliphatic carbocycles. The number of carbonyl (C=O) groups excluding carboxylic acids is 1. The minimum atomic E-state index is -0.666. The summed E-state index contributed by atoms with van der Waals surface area (Å²) in [7, 11) is 0. The second kappa shape index (κ2) is 8.56. The molecule has 1 amide bonds. The Morgan fingerprint density at radius 1 is 1.40 bits per heavy atom. The first kappa shape index (κ1) is 21.1. The van der Waals surface area contributed by atoms with Gasteiger partial charge in [0.05, 0.1) is 28.2 Å². The number of benzene rings is 2. The van der Waals surface area contributed by atoms with Crippen LogP contribution in [0.25, 0.3) is 10.1 Å². The number of rotatable bonds is 6. The summed E-state index contributed by atoms with van der Waals surface area (Å²) in [6.07, 6.45) is 1.42. The van der Waals surface area contributed by atoms with E-state index < -0.39 is 17.5 Å². The average molecular weight is 496 g/mol. The molecule has 2 heterocycles. The predicted octanol–water partition coefficient (Wildman–Crippen LogP) is 4.75. The van der Waals surface area contributed by atoms with E-state index in [0.29, 0.717) is 22.3 Å². The summed E-state index contributed by atoms with van der Waals surface area (Å²) in [5.74, 6) is -1.58. The number of hydrogen-bond donors (Lipinski definition) is 2. The zero-order valence-electron chi connectivity index (χ0n) is 16.2. The first-order valence-electron chi connectivity index (χ1n) is 9.16. The smallest absolute Gasteiger partial charge is 0.277 e. The van der Waals surface area contributed by atoms with Crippen LogP contribution in [0.4, 0.5) is 15.8 Å². The third kappa shape index (κ3) is 4.62. The molecule has 1 aliphatic rings. The lowest BCUT2D eigenvalue weighted by Gasteiger charge is -2.17. The second-order valence-corrected chi connectivity index (χ2v) is 8.89. The van der Waals surface area contributed by atoms with Crippen molar-refractivity contribution in [2.75, 3.05) is 18.5 Å². The number of carbonyl (C=O) groups is 1. The van der Waals surface area contributed by atoms with Gasteiger partial charge in [0.2, 0.25) is 0 Å². The van der Waals surface area contributed by atoms with Gasteiger partial charge in [-0.25, -0.2) is 9.87 Å². The second-order valence-electron chi connectivity index (χ2n) is 7.17. The Balaban J connectivity index is 1.53. The standard InChI is InChI=1S/C20H19BrFN3O4S/c1-20(2)27-9-13(29-20)10-28-25-19(26)14-5-3-11-8-23-30-18(11)17(14)24-16-6-4-12(21)7-15(16)22/h3-8,13,24H,9-10H2,1-2H3,(H,25,26). The van der Waals surface area contributed by atoms with Crippen LogP contribution in [-0.4, -0.2) is 35.4 Å². The van der Waals surface area contributed by atoms with E-state index in [9.17, 15) is 9.18 Å². The fourth-order valence-corrected chi connectivity index (χ4v) is 4.16. The van der Waals surface area contributed by atoms with E-state index >= 15 is 0 Å². The van der Waals surface area contributed by atoms with Gasteiger partial charge >= 0.3 is 0 Å². The van der Waals surface area contributed by atoms with Gasteiger partial charge in [0, 0.05) is 16.1 Å². The van der Waals surface area contributed by atoms with Gasteiger partial charge in [-0.3, -0.25) is 9.63 Å². The van der Waals surface area contributed by atoms with Crippen molar-refractivity contribution in [2.45, 2.75) is 25.7 Å². The van der Waals surface area contributed by atoms with Gasteiger partial charge in [-0.15, -0.1) is 0 Å². The highest BCUT2D eigenvalue weighted by molar-refractivity contribution is 9.10. The molecule has 0 saturated carbocycles. The number of ether oxygens (including phenoxy) is 2. The van der Waals surface area contributed by atoms with Gasteiger partial charge < -0.3 is 14.8 Å². The minimum absolute atomic E-state index is 0.141. The molecule has 1 aliphatic heterocycles. The maximum absolute atomic E-state index is 14.4. The molecule has 0 bridgehead atoms. The third-order valence-corrected chi connectivity index (χ3v) is 5.79. The first-order valence-corrected chi connectivity index (χ1v) is 10.7. The topological polar surface area (TPSA) is 81.7 Å². The molecule has 0 radical (unpaired) electrons. The summed E-state index contributed by atoms with van der Waals surface area (Å²) in [6.45, 7) is 4.15. The summed E-state index contributed by atoms with van der Waals surface area (Å²) >= 11 is 4.46. The Labute approximate surface area is 184 Å². The van der Waals surface area contributed by atoms with Gasteiger partial charge in [0.1, 0.15) is 18.5 Å². The van der Waals surface area contributed by atoms with E-state index in [-0.39, 0.29) is 18.4 Å². The highest BCUT2D eigenvalue weighted by Gasteiger charge is 2.33. The van der Waals surface area contributed by atoms with Gasteiger partial charge in [0.25, 0.3) is 5.91 Å². The van der Waals surface area contributed by atoms with E-state index in [0.717, 1.165) is 10.1 Å². The molecule has 1 atom stereocenters. The fraction of sp³-hybridized carbons (Fsp3) is 0.300. The molecule has 1 saturated heterocycles. The zero-order chi connectivity index (χ0) is 21.3. The van der Waals surface area contributed by atoms with Gasteiger partial charge in [-0.2, -0.15) is 4.37 Å². The largest absolute Gasteiger partial charge is 0.351 e. The lowest BCUT2D eigenvalue weighted by atomic mass is 10.1. The Hall–Kier alpha value is -2.11. The molecule has 0 spiro atoms. The number of hydrogen-bond acceptors (Lipinski definition) is 7. The highest BCUT2D eigenvalue weighted by atomic mass is 79.9. The van der Waals surface area contributed by atoms with Crippen LogP contribution in [0.1, 0.15) is 24.2 Å². The summed E-state index contributed by atoms with van der Waals surface area (Å²) in [6, 6.07) is 8.09. The number of fused-ring (bicyclic) bond motifs is 1. The van der Waals surface area contributed by atoms with Crippen molar-refractivity contribution in [3.63, 3.8) is 0 Å². The SMILES string of the molecule is CC1(C)OCC(CONC(=O)c2ccc3cnsc3c2Nc2ccc(Br)cc2F)O1. The minimum Gasteiger partial charge on any atom is -0.351 e. The quantitative estimate of drug-likeness (QED) is 0.480. The highest BCUT2D eigenvalue weighted by Crippen LogP contribution is 2.34.